The third-order valence-electron chi connectivity index (χ3n) is 8.34. The highest BCUT2D eigenvalue weighted by molar-refractivity contribution is 7.80. The third kappa shape index (κ3) is 15.7. The summed E-state index contributed by atoms with van der Waals surface area (Å²) < 4.78 is 10.6. The van der Waals surface area contributed by atoms with E-state index in [1.165, 1.54) is 0 Å². The van der Waals surface area contributed by atoms with Crippen LogP contribution in [0, 0.1) is 11.8 Å². The van der Waals surface area contributed by atoms with Gasteiger partial charge in [0.2, 0.25) is 11.8 Å². The number of carbonyl (C=O) groups excluding carboxylic acids is 2. The molecule has 0 spiro atoms. The van der Waals surface area contributed by atoms with Gasteiger partial charge < -0.3 is 31.6 Å². The largest absolute Gasteiger partial charge is 0.379 e. The number of amides is 2. The number of rotatable bonds is 16. The Bertz CT molecular complexity index is 748. The van der Waals surface area contributed by atoms with Gasteiger partial charge in [-0.1, -0.05) is 52.8 Å². The summed E-state index contributed by atoms with van der Waals surface area (Å²) in [5.41, 5.74) is 11.9. The van der Waals surface area contributed by atoms with E-state index in [2.05, 4.69) is 34.3 Å². The van der Waals surface area contributed by atoms with E-state index in [4.69, 9.17) is 33.2 Å². The maximum Gasteiger partial charge on any atom is 0.237 e. The molecule has 0 saturated carbocycles. The second-order valence-electron chi connectivity index (χ2n) is 11.7. The fourth-order valence-corrected chi connectivity index (χ4v) is 4.73. The normalized spacial score (nSPS) is 20.9. The highest BCUT2D eigenvalue weighted by Gasteiger charge is 2.23. The van der Waals surface area contributed by atoms with Gasteiger partial charge in [-0.25, -0.2) is 0 Å². The zero-order valence-electron chi connectivity index (χ0n) is 26.7. The van der Waals surface area contributed by atoms with Crippen LogP contribution in [0.3, 0.4) is 0 Å². The number of nitrogens with two attached hydrogens (primary N) is 2. The van der Waals surface area contributed by atoms with Crippen LogP contribution in [0.1, 0.15) is 73.6 Å². The quantitative estimate of drug-likeness (QED) is 0.196. The summed E-state index contributed by atoms with van der Waals surface area (Å²) in [7, 11) is 0. The van der Waals surface area contributed by atoms with Gasteiger partial charge in [0, 0.05) is 43.6 Å². The molecule has 2 rings (SSSR count). The Morgan fingerprint density at radius 3 is 1.68 bits per heavy atom. The number of hydrogen-bond donors (Lipinski definition) is 4. The number of ether oxygens (including phenoxy) is 2. The first-order chi connectivity index (χ1) is 19.5. The monoisotopic (exact) mass is 600 g/mol. The molecule has 10 nitrogen and oxygen atoms in total. The van der Waals surface area contributed by atoms with Crippen LogP contribution in [0.5, 0.6) is 0 Å². The second kappa shape index (κ2) is 21.5. The summed E-state index contributed by atoms with van der Waals surface area (Å²) in [6.07, 6.45) is 4.73. The van der Waals surface area contributed by atoms with Crippen molar-refractivity contribution in [3.63, 3.8) is 0 Å². The summed E-state index contributed by atoms with van der Waals surface area (Å²) >= 11 is 5.43. The summed E-state index contributed by atoms with van der Waals surface area (Å²) in [4.78, 5) is 29.6. The van der Waals surface area contributed by atoms with Gasteiger partial charge in [0.15, 0.2) is 0 Å². The van der Waals surface area contributed by atoms with Gasteiger partial charge in [0.1, 0.15) is 0 Å². The fraction of sp³-hybridized carbons (Fsp3) is 0.900. The standard InChI is InChI=1S/C15H29N3O2S.C15H31N3O2/c1-4-11(2)14(16)15(19)17-12(3)13(21)5-6-18-7-9-20-10-8-18;1-4-12(2)14(16)15(19)17-13(3)6-5-7-18-8-10-20-11-9-18/h11-12,14H,4-10,16H2,1-3H3,(H,17,19);12-14H,4-11,16H2,1-3H3,(H,17,19). The molecule has 11 heteroatoms. The molecule has 0 radical (unpaired) electrons. The summed E-state index contributed by atoms with van der Waals surface area (Å²) in [6, 6.07) is -0.761. The minimum Gasteiger partial charge on any atom is -0.379 e. The molecule has 0 aromatic rings. The van der Waals surface area contributed by atoms with Crippen molar-refractivity contribution in [3.05, 3.63) is 0 Å². The molecule has 2 heterocycles. The van der Waals surface area contributed by atoms with Crippen molar-refractivity contribution in [1.29, 1.82) is 0 Å². The lowest BCUT2D eigenvalue weighted by molar-refractivity contribution is -0.124. The van der Waals surface area contributed by atoms with Crippen molar-refractivity contribution >= 4 is 28.9 Å². The molecule has 2 amide bonds. The van der Waals surface area contributed by atoms with Crippen LogP contribution in [0.2, 0.25) is 0 Å². The van der Waals surface area contributed by atoms with Crippen molar-refractivity contribution in [2.75, 3.05) is 65.7 Å². The maximum absolute atomic E-state index is 12.0. The van der Waals surface area contributed by atoms with Gasteiger partial charge in [-0.2, -0.15) is 0 Å². The van der Waals surface area contributed by atoms with Crippen molar-refractivity contribution in [2.24, 2.45) is 23.3 Å². The molecule has 6 N–H and O–H groups in total. The Labute approximate surface area is 255 Å². The zero-order valence-corrected chi connectivity index (χ0v) is 27.5. The molecule has 0 bridgehead atoms. The van der Waals surface area contributed by atoms with Crippen LogP contribution >= 0.6 is 12.2 Å². The van der Waals surface area contributed by atoms with Gasteiger partial charge in [-0.05, 0) is 51.5 Å². The third-order valence-corrected chi connectivity index (χ3v) is 8.90. The number of nitrogens with one attached hydrogen (secondary N) is 2. The van der Waals surface area contributed by atoms with Crippen molar-refractivity contribution in [3.8, 4) is 0 Å². The summed E-state index contributed by atoms with van der Waals surface area (Å²) in [5, 5.41) is 5.96. The molecular formula is C30H60N6O4S. The zero-order chi connectivity index (χ0) is 30.8. The molecule has 240 valence electrons. The van der Waals surface area contributed by atoms with Gasteiger partial charge in [-0.15, -0.1) is 0 Å². The van der Waals surface area contributed by atoms with Crippen LogP contribution in [0.4, 0.5) is 0 Å². The SMILES string of the molecule is CCC(C)C(N)C(=O)NC(C)C(=S)CCN1CCOCC1.CCC(C)C(N)C(=O)NC(C)CCCN1CCOCC1. The molecular weight excluding hydrogens is 540 g/mol. The number of carbonyl (C=O) groups is 2. The van der Waals surface area contributed by atoms with Crippen LogP contribution in [-0.2, 0) is 19.1 Å². The first-order valence-corrected chi connectivity index (χ1v) is 16.2. The Hall–Kier alpha value is -1.21. The van der Waals surface area contributed by atoms with E-state index in [9.17, 15) is 9.59 Å². The van der Waals surface area contributed by atoms with Gasteiger partial charge >= 0.3 is 0 Å². The minimum absolute atomic E-state index is 0.0155. The van der Waals surface area contributed by atoms with E-state index in [0.717, 1.165) is 103 Å². The molecule has 0 aliphatic carbocycles. The minimum atomic E-state index is -0.459. The Morgan fingerprint density at radius 1 is 0.780 bits per heavy atom. The van der Waals surface area contributed by atoms with Crippen molar-refractivity contribution in [2.45, 2.75) is 97.8 Å². The first-order valence-electron chi connectivity index (χ1n) is 15.7. The Balaban J connectivity index is 0.000000410. The number of morpholine rings is 2. The smallest absolute Gasteiger partial charge is 0.237 e. The lowest BCUT2D eigenvalue weighted by atomic mass is 9.99. The predicted molar refractivity (Wildman–Crippen MR) is 171 cm³/mol. The summed E-state index contributed by atoms with van der Waals surface area (Å²) in [5.74, 6) is 0.290. The fourth-order valence-electron chi connectivity index (χ4n) is 4.58. The molecule has 2 saturated heterocycles. The lowest BCUT2D eigenvalue weighted by Crippen LogP contribution is -2.49. The van der Waals surface area contributed by atoms with Crippen LogP contribution in [0.25, 0.3) is 0 Å². The average Bonchev–Trinajstić information content (AvgIpc) is 2.99. The molecule has 2 aliphatic heterocycles. The Morgan fingerprint density at radius 2 is 1.22 bits per heavy atom. The molecule has 2 fully saturated rings. The predicted octanol–water partition coefficient (Wildman–Crippen LogP) is 1.93. The van der Waals surface area contributed by atoms with E-state index in [1.54, 1.807) is 0 Å². The molecule has 2 aliphatic rings. The van der Waals surface area contributed by atoms with Gasteiger partial charge in [-0.3, -0.25) is 19.4 Å². The van der Waals surface area contributed by atoms with Gasteiger partial charge in [0.05, 0.1) is 44.6 Å². The van der Waals surface area contributed by atoms with Crippen molar-refractivity contribution in [1.82, 2.24) is 20.4 Å². The second-order valence-corrected chi connectivity index (χ2v) is 12.3. The first kappa shape index (κ1) is 37.8. The van der Waals surface area contributed by atoms with E-state index in [-0.39, 0.29) is 41.8 Å². The number of hydrogen-bond acceptors (Lipinski definition) is 9. The van der Waals surface area contributed by atoms with Gasteiger partial charge in [0.25, 0.3) is 0 Å². The van der Waals surface area contributed by atoms with Crippen LogP contribution in [0.15, 0.2) is 0 Å². The van der Waals surface area contributed by atoms with E-state index >= 15 is 0 Å². The molecule has 0 aromatic heterocycles. The highest BCUT2D eigenvalue weighted by Crippen LogP contribution is 2.08. The Kier molecular flexibility index (Phi) is 19.8. The molecule has 6 unspecified atom stereocenters. The molecule has 6 atom stereocenters. The topological polar surface area (TPSA) is 135 Å². The molecule has 0 aromatic carbocycles. The highest BCUT2D eigenvalue weighted by atomic mass is 32.1. The van der Waals surface area contributed by atoms with E-state index in [1.807, 2.05) is 27.7 Å². The van der Waals surface area contributed by atoms with E-state index < -0.39 is 6.04 Å². The van der Waals surface area contributed by atoms with E-state index in [0.29, 0.717) is 0 Å². The number of nitrogens with zero attached hydrogens (tertiary/aromatic N) is 2. The maximum atomic E-state index is 12.0. The number of thiocarbonyl (C=S) groups is 1. The van der Waals surface area contributed by atoms with Crippen molar-refractivity contribution < 1.29 is 19.1 Å². The van der Waals surface area contributed by atoms with Crippen LogP contribution < -0.4 is 22.1 Å². The summed E-state index contributed by atoms with van der Waals surface area (Å²) in [6.45, 7) is 21.4. The van der Waals surface area contributed by atoms with Crippen LogP contribution in [-0.4, -0.2) is 116 Å². The lowest BCUT2D eigenvalue weighted by Gasteiger charge is -2.27. The average molecular weight is 601 g/mol. The molecule has 41 heavy (non-hydrogen) atoms.